The van der Waals surface area contributed by atoms with Gasteiger partial charge in [0.15, 0.2) is 0 Å². The van der Waals surface area contributed by atoms with E-state index < -0.39 is 17.7 Å². The molecule has 0 aromatic carbocycles. The van der Waals surface area contributed by atoms with E-state index >= 15 is 0 Å². The molecule has 1 heterocycles. The molecule has 4 heteroatoms. The minimum Gasteiger partial charge on any atom is -0.480 e. The first-order chi connectivity index (χ1) is 4.54. The standard InChI is InChI=1S/C6H11NO3/c1-6(5(9)10)3-2-4(8)7-6/h4,7-8H,2-3H2,1H3,(H,9,10). The highest BCUT2D eigenvalue weighted by Crippen LogP contribution is 2.21. The van der Waals surface area contributed by atoms with Gasteiger partial charge < -0.3 is 10.2 Å². The van der Waals surface area contributed by atoms with Crippen molar-refractivity contribution in [2.24, 2.45) is 0 Å². The number of aliphatic hydroxyl groups excluding tert-OH is 1. The molecule has 1 aliphatic heterocycles. The lowest BCUT2D eigenvalue weighted by Gasteiger charge is -2.18. The van der Waals surface area contributed by atoms with Gasteiger partial charge in [0.2, 0.25) is 0 Å². The monoisotopic (exact) mass is 145 g/mol. The van der Waals surface area contributed by atoms with Crippen LogP contribution in [0.4, 0.5) is 0 Å². The number of carboxylic acids is 1. The lowest BCUT2D eigenvalue weighted by Crippen LogP contribution is -2.47. The molecular weight excluding hydrogens is 134 g/mol. The number of nitrogens with one attached hydrogen (secondary N) is 1. The van der Waals surface area contributed by atoms with Gasteiger partial charge in [-0.15, -0.1) is 0 Å². The molecule has 2 atom stereocenters. The van der Waals surface area contributed by atoms with Gasteiger partial charge in [0.25, 0.3) is 0 Å². The smallest absolute Gasteiger partial charge is 0.323 e. The molecule has 1 fully saturated rings. The minimum atomic E-state index is -0.917. The molecule has 2 unspecified atom stereocenters. The topological polar surface area (TPSA) is 69.6 Å². The Morgan fingerprint density at radius 1 is 1.80 bits per heavy atom. The summed E-state index contributed by atoms with van der Waals surface area (Å²) in [7, 11) is 0. The van der Waals surface area contributed by atoms with E-state index in [9.17, 15) is 4.79 Å². The maximum Gasteiger partial charge on any atom is 0.323 e. The average Bonchev–Trinajstić information content (AvgIpc) is 2.13. The van der Waals surface area contributed by atoms with Gasteiger partial charge in [0.05, 0.1) is 0 Å². The summed E-state index contributed by atoms with van der Waals surface area (Å²) in [6, 6.07) is 0. The molecule has 0 aliphatic carbocycles. The molecule has 0 amide bonds. The normalized spacial score (nSPS) is 40.0. The second-order valence-electron chi connectivity index (χ2n) is 2.84. The van der Waals surface area contributed by atoms with Crippen LogP contribution in [-0.4, -0.2) is 27.9 Å². The van der Waals surface area contributed by atoms with Crippen molar-refractivity contribution < 1.29 is 15.0 Å². The van der Waals surface area contributed by atoms with Gasteiger partial charge in [-0.1, -0.05) is 0 Å². The fourth-order valence-electron chi connectivity index (χ4n) is 1.11. The zero-order valence-corrected chi connectivity index (χ0v) is 5.79. The maximum absolute atomic E-state index is 10.5. The Bertz CT molecular complexity index is 159. The third kappa shape index (κ3) is 1.12. The van der Waals surface area contributed by atoms with E-state index in [1.165, 1.54) is 0 Å². The van der Waals surface area contributed by atoms with Crippen LogP contribution < -0.4 is 5.32 Å². The number of rotatable bonds is 1. The van der Waals surface area contributed by atoms with Crippen molar-refractivity contribution in [3.8, 4) is 0 Å². The second-order valence-corrected chi connectivity index (χ2v) is 2.84. The summed E-state index contributed by atoms with van der Waals surface area (Å²) in [4.78, 5) is 10.5. The summed E-state index contributed by atoms with van der Waals surface area (Å²) >= 11 is 0. The van der Waals surface area contributed by atoms with Crippen molar-refractivity contribution in [1.29, 1.82) is 0 Å². The van der Waals surface area contributed by atoms with E-state index in [0.29, 0.717) is 12.8 Å². The van der Waals surface area contributed by atoms with Crippen LogP contribution in [0, 0.1) is 0 Å². The van der Waals surface area contributed by atoms with Crippen LogP contribution in [0.1, 0.15) is 19.8 Å². The molecular formula is C6H11NO3. The zero-order valence-electron chi connectivity index (χ0n) is 5.79. The van der Waals surface area contributed by atoms with Gasteiger partial charge in [0, 0.05) is 0 Å². The van der Waals surface area contributed by atoms with Crippen molar-refractivity contribution in [3.05, 3.63) is 0 Å². The van der Waals surface area contributed by atoms with Crippen molar-refractivity contribution in [2.45, 2.75) is 31.5 Å². The summed E-state index contributed by atoms with van der Waals surface area (Å²) in [6.07, 6.45) is 0.354. The molecule has 0 aromatic heterocycles. The summed E-state index contributed by atoms with van der Waals surface area (Å²) in [5, 5.41) is 20.1. The van der Waals surface area contributed by atoms with Gasteiger partial charge in [-0.05, 0) is 19.8 Å². The van der Waals surface area contributed by atoms with E-state index in [-0.39, 0.29) is 0 Å². The van der Waals surface area contributed by atoms with Crippen molar-refractivity contribution >= 4 is 5.97 Å². The summed E-state index contributed by atoms with van der Waals surface area (Å²) in [5.74, 6) is -0.899. The lowest BCUT2D eigenvalue weighted by molar-refractivity contribution is -0.144. The number of hydrogen-bond acceptors (Lipinski definition) is 3. The predicted molar refractivity (Wildman–Crippen MR) is 34.4 cm³/mol. The summed E-state index contributed by atoms with van der Waals surface area (Å²) in [5.41, 5.74) is -0.917. The molecule has 0 aromatic rings. The maximum atomic E-state index is 10.5. The lowest BCUT2D eigenvalue weighted by atomic mass is 10.0. The number of hydrogen-bond donors (Lipinski definition) is 3. The number of carbonyl (C=O) groups is 1. The molecule has 1 rings (SSSR count). The Kier molecular flexibility index (Phi) is 1.66. The van der Waals surface area contributed by atoms with Crippen LogP contribution in [0.15, 0.2) is 0 Å². The average molecular weight is 145 g/mol. The van der Waals surface area contributed by atoms with Crippen molar-refractivity contribution in [3.63, 3.8) is 0 Å². The van der Waals surface area contributed by atoms with Crippen LogP contribution in [0.3, 0.4) is 0 Å². The van der Waals surface area contributed by atoms with Crippen LogP contribution in [0.2, 0.25) is 0 Å². The Hall–Kier alpha value is -0.610. The van der Waals surface area contributed by atoms with E-state index in [4.69, 9.17) is 10.2 Å². The highest BCUT2D eigenvalue weighted by Gasteiger charge is 2.39. The molecule has 58 valence electrons. The highest BCUT2D eigenvalue weighted by atomic mass is 16.4. The van der Waals surface area contributed by atoms with Gasteiger partial charge in [0.1, 0.15) is 11.8 Å². The summed E-state index contributed by atoms with van der Waals surface area (Å²) in [6.45, 7) is 1.57. The molecule has 4 nitrogen and oxygen atoms in total. The van der Waals surface area contributed by atoms with E-state index in [1.54, 1.807) is 6.92 Å². The molecule has 0 bridgehead atoms. The van der Waals surface area contributed by atoms with Crippen molar-refractivity contribution in [1.82, 2.24) is 5.32 Å². The van der Waals surface area contributed by atoms with E-state index in [2.05, 4.69) is 5.32 Å². The van der Waals surface area contributed by atoms with Gasteiger partial charge in [-0.2, -0.15) is 0 Å². The van der Waals surface area contributed by atoms with Crippen LogP contribution in [-0.2, 0) is 4.79 Å². The predicted octanol–water partition coefficient (Wildman–Crippen LogP) is -0.469. The Balaban J connectivity index is 2.63. The zero-order chi connectivity index (χ0) is 7.78. The number of aliphatic hydroxyl groups is 1. The Morgan fingerprint density at radius 2 is 2.40 bits per heavy atom. The quantitative estimate of drug-likeness (QED) is 0.466. The first-order valence-electron chi connectivity index (χ1n) is 3.24. The van der Waals surface area contributed by atoms with Gasteiger partial charge in [-0.3, -0.25) is 10.1 Å². The largest absolute Gasteiger partial charge is 0.480 e. The molecule has 10 heavy (non-hydrogen) atoms. The SMILES string of the molecule is CC1(C(=O)O)CCC(O)N1. The minimum absolute atomic E-state index is 0.490. The van der Waals surface area contributed by atoms with Crippen LogP contribution in [0.25, 0.3) is 0 Å². The second kappa shape index (κ2) is 2.21. The number of carboxylic acid groups (broad SMARTS) is 1. The molecule has 0 radical (unpaired) electrons. The molecule has 1 aliphatic rings. The highest BCUT2D eigenvalue weighted by molar-refractivity contribution is 5.78. The Labute approximate surface area is 58.9 Å². The van der Waals surface area contributed by atoms with Crippen LogP contribution in [0.5, 0.6) is 0 Å². The molecule has 3 N–H and O–H groups in total. The van der Waals surface area contributed by atoms with E-state index in [1.807, 2.05) is 0 Å². The third-order valence-electron chi connectivity index (χ3n) is 1.87. The summed E-state index contributed by atoms with van der Waals surface area (Å²) < 4.78 is 0. The fourth-order valence-corrected chi connectivity index (χ4v) is 1.11. The molecule has 0 saturated carbocycles. The van der Waals surface area contributed by atoms with Crippen molar-refractivity contribution in [2.75, 3.05) is 0 Å². The fraction of sp³-hybridized carbons (Fsp3) is 0.833. The van der Waals surface area contributed by atoms with Gasteiger partial charge in [-0.25, -0.2) is 0 Å². The van der Waals surface area contributed by atoms with Crippen LogP contribution >= 0.6 is 0 Å². The molecule has 1 saturated heterocycles. The third-order valence-corrected chi connectivity index (χ3v) is 1.87. The molecule has 0 spiro atoms. The first kappa shape index (κ1) is 7.50. The Morgan fingerprint density at radius 3 is 2.60 bits per heavy atom. The van der Waals surface area contributed by atoms with Gasteiger partial charge >= 0.3 is 5.97 Å². The first-order valence-corrected chi connectivity index (χ1v) is 3.24. The number of aliphatic carboxylic acids is 1. The van der Waals surface area contributed by atoms with E-state index in [0.717, 1.165) is 0 Å².